The van der Waals surface area contributed by atoms with Gasteiger partial charge in [0, 0.05) is 45.2 Å². The Hall–Kier alpha value is -0.830. The summed E-state index contributed by atoms with van der Waals surface area (Å²) in [4.78, 5) is 6.97. The molecule has 0 aromatic carbocycles. The van der Waals surface area contributed by atoms with Gasteiger partial charge in [-0.05, 0) is 44.1 Å². The molecule has 2 unspecified atom stereocenters. The van der Waals surface area contributed by atoms with Gasteiger partial charge in [-0.3, -0.25) is 4.99 Å². The smallest absolute Gasteiger partial charge is 0.191 e. The van der Waals surface area contributed by atoms with Crippen molar-refractivity contribution in [2.45, 2.75) is 66.3 Å². The average molecular weight is 505 g/mol. The minimum atomic E-state index is 0. The van der Waals surface area contributed by atoms with E-state index in [1.54, 1.807) is 0 Å². The Bertz CT molecular complexity index is 558. The number of aryl methyl sites for hydroxylation is 2. The number of halogens is 1. The first kappa shape index (κ1) is 25.2. The fraction of sp³-hybridized carbons (Fsp3) is 0.810. The quantitative estimate of drug-likeness (QED) is 0.231. The maximum Gasteiger partial charge on any atom is 0.191 e. The van der Waals surface area contributed by atoms with Gasteiger partial charge in [0.05, 0.1) is 5.69 Å². The number of rotatable bonds is 9. The largest absolute Gasteiger partial charge is 0.361 e. The molecular weight excluding hydrogens is 465 g/mol. The van der Waals surface area contributed by atoms with Gasteiger partial charge in [-0.25, -0.2) is 0 Å². The number of likely N-dealkylation sites (tertiary alicyclic amines) is 1. The van der Waals surface area contributed by atoms with Crippen LogP contribution in [0.4, 0.5) is 0 Å². The normalized spacial score (nSPS) is 20.7. The molecule has 7 heteroatoms. The Morgan fingerprint density at radius 3 is 2.46 bits per heavy atom. The average Bonchev–Trinajstić information content (AvgIpc) is 3.05. The predicted molar refractivity (Wildman–Crippen MR) is 127 cm³/mol. The lowest BCUT2D eigenvalue weighted by Gasteiger charge is -2.34. The topological polar surface area (TPSA) is 65.7 Å². The molecule has 6 nitrogen and oxygen atoms in total. The van der Waals surface area contributed by atoms with E-state index in [-0.39, 0.29) is 24.0 Å². The molecule has 162 valence electrons. The van der Waals surface area contributed by atoms with Gasteiger partial charge in [-0.15, -0.1) is 24.0 Å². The summed E-state index contributed by atoms with van der Waals surface area (Å²) in [5.74, 6) is 3.50. The summed E-state index contributed by atoms with van der Waals surface area (Å²) in [6.07, 6.45) is 5.53. The predicted octanol–water partition coefficient (Wildman–Crippen LogP) is 3.84. The summed E-state index contributed by atoms with van der Waals surface area (Å²) < 4.78 is 5.43. The van der Waals surface area contributed by atoms with Gasteiger partial charge in [-0.1, -0.05) is 32.9 Å². The molecular formula is C21H40IN5O. The third-order valence-corrected chi connectivity index (χ3v) is 5.40. The lowest BCUT2D eigenvalue weighted by molar-refractivity contribution is 0.139. The van der Waals surface area contributed by atoms with Gasteiger partial charge in [0.25, 0.3) is 0 Å². The van der Waals surface area contributed by atoms with E-state index in [0.717, 1.165) is 55.1 Å². The summed E-state index contributed by atoms with van der Waals surface area (Å²) in [6.45, 7) is 14.4. The van der Waals surface area contributed by atoms with E-state index in [9.17, 15) is 0 Å². The first-order valence-corrected chi connectivity index (χ1v) is 10.7. The van der Waals surface area contributed by atoms with E-state index in [4.69, 9.17) is 4.52 Å². The molecule has 1 aromatic heterocycles. The van der Waals surface area contributed by atoms with Gasteiger partial charge in [-0.2, -0.15) is 0 Å². The first-order chi connectivity index (χ1) is 13.1. The van der Waals surface area contributed by atoms with Crippen LogP contribution >= 0.6 is 24.0 Å². The molecule has 2 atom stereocenters. The fourth-order valence-corrected chi connectivity index (χ4v) is 4.17. The van der Waals surface area contributed by atoms with Crippen molar-refractivity contribution < 1.29 is 4.52 Å². The monoisotopic (exact) mass is 505 g/mol. The van der Waals surface area contributed by atoms with Gasteiger partial charge in [0.2, 0.25) is 0 Å². The van der Waals surface area contributed by atoms with E-state index < -0.39 is 0 Å². The van der Waals surface area contributed by atoms with E-state index in [0.29, 0.717) is 6.54 Å². The zero-order chi connectivity index (χ0) is 19.6. The molecule has 0 bridgehead atoms. The SMILES string of the molecule is CCc1noc(CC)c1CNC(=NC)NCCCCN1CC(C)CC(C)C1.I. The highest BCUT2D eigenvalue weighted by atomic mass is 127. The van der Waals surface area contributed by atoms with Crippen molar-refractivity contribution in [2.24, 2.45) is 16.8 Å². The number of hydrogen-bond acceptors (Lipinski definition) is 4. The van der Waals surface area contributed by atoms with Crippen LogP contribution in [-0.2, 0) is 19.4 Å². The van der Waals surface area contributed by atoms with Crippen LogP contribution in [-0.4, -0.2) is 49.2 Å². The second-order valence-electron chi connectivity index (χ2n) is 8.00. The molecule has 2 heterocycles. The van der Waals surface area contributed by atoms with Crippen LogP contribution in [0, 0.1) is 11.8 Å². The van der Waals surface area contributed by atoms with Crippen LogP contribution in [0.25, 0.3) is 0 Å². The lowest BCUT2D eigenvalue weighted by Crippen LogP contribution is -2.40. The Morgan fingerprint density at radius 1 is 1.14 bits per heavy atom. The van der Waals surface area contributed by atoms with E-state index in [1.807, 2.05) is 7.05 Å². The second kappa shape index (κ2) is 13.4. The van der Waals surface area contributed by atoms with Crippen LogP contribution < -0.4 is 10.6 Å². The molecule has 1 aliphatic rings. The third kappa shape index (κ3) is 7.89. The molecule has 1 saturated heterocycles. The molecule has 2 N–H and O–H groups in total. The summed E-state index contributed by atoms with van der Waals surface area (Å²) in [6, 6.07) is 0. The van der Waals surface area contributed by atoms with Crippen LogP contribution in [0.1, 0.15) is 64.0 Å². The zero-order valence-corrected chi connectivity index (χ0v) is 20.7. The van der Waals surface area contributed by atoms with Crippen molar-refractivity contribution >= 4 is 29.9 Å². The number of piperidine rings is 1. The Labute approximate surface area is 188 Å². The summed E-state index contributed by atoms with van der Waals surface area (Å²) >= 11 is 0. The van der Waals surface area contributed by atoms with Gasteiger partial charge in [0.1, 0.15) is 5.76 Å². The number of nitrogens with one attached hydrogen (secondary N) is 2. The Balaban J connectivity index is 0.00000392. The fourth-order valence-electron chi connectivity index (χ4n) is 4.17. The number of aromatic nitrogens is 1. The molecule has 2 rings (SSSR count). The van der Waals surface area contributed by atoms with Crippen molar-refractivity contribution in [1.29, 1.82) is 0 Å². The van der Waals surface area contributed by atoms with Gasteiger partial charge in [0.15, 0.2) is 5.96 Å². The lowest BCUT2D eigenvalue weighted by atomic mass is 9.92. The molecule has 0 aliphatic carbocycles. The van der Waals surface area contributed by atoms with Crippen molar-refractivity contribution in [3.8, 4) is 0 Å². The molecule has 0 amide bonds. The minimum absolute atomic E-state index is 0. The van der Waals surface area contributed by atoms with Gasteiger partial charge < -0.3 is 20.1 Å². The van der Waals surface area contributed by atoms with E-state index in [2.05, 4.69) is 53.4 Å². The van der Waals surface area contributed by atoms with E-state index >= 15 is 0 Å². The van der Waals surface area contributed by atoms with Crippen LogP contribution in [0.2, 0.25) is 0 Å². The summed E-state index contributed by atoms with van der Waals surface area (Å²) in [5.41, 5.74) is 2.22. The second-order valence-corrected chi connectivity index (χ2v) is 8.00. The Morgan fingerprint density at radius 2 is 1.86 bits per heavy atom. The molecule has 0 radical (unpaired) electrons. The van der Waals surface area contributed by atoms with Crippen LogP contribution in [0.15, 0.2) is 9.52 Å². The number of nitrogens with zero attached hydrogens (tertiary/aromatic N) is 3. The standard InChI is InChI=1S/C21H39N5O.HI/c1-6-19-18(20(7-2)27-25-19)13-24-21(22-5)23-10-8-9-11-26-14-16(3)12-17(4)15-26;/h16-17H,6-15H2,1-5H3,(H2,22,23,24);1H. The van der Waals surface area contributed by atoms with Crippen LogP contribution in [0.5, 0.6) is 0 Å². The van der Waals surface area contributed by atoms with Crippen molar-refractivity contribution in [3.05, 3.63) is 17.0 Å². The third-order valence-electron chi connectivity index (χ3n) is 5.40. The molecule has 0 spiro atoms. The maximum atomic E-state index is 5.43. The highest BCUT2D eigenvalue weighted by Gasteiger charge is 2.21. The van der Waals surface area contributed by atoms with Crippen molar-refractivity contribution in [3.63, 3.8) is 0 Å². The number of aliphatic imine (C=N–C) groups is 1. The Kier molecular flexibility index (Phi) is 12.1. The van der Waals surface area contributed by atoms with Gasteiger partial charge >= 0.3 is 0 Å². The van der Waals surface area contributed by atoms with E-state index in [1.165, 1.54) is 38.0 Å². The first-order valence-electron chi connectivity index (χ1n) is 10.7. The minimum Gasteiger partial charge on any atom is -0.361 e. The molecule has 0 saturated carbocycles. The molecule has 28 heavy (non-hydrogen) atoms. The summed E-state index contributed by atoms with van der Waals surface area (Å²) in [5, 5.41) is 11.0. The number of unbranched alkanes of at least 4 members (excludes halogenated alkanes) is 1. The van der Waals surface area contributed by atoms with Crippen molar-refractivity contribution in [2.75, 3.05) is 33.2 Å². The van der Waals surface area contributed by atoms with Crippen molar-refractivity contribution in [1.82, 2.24) is 20.7 Å². The highest BCUT2D eigenvalue weighted by Crippen LogP contribution is 2.21. The maximum absolute atomic E-state index is 5.43. The number of guanidine groups is 1. The molecule has 1 fully saturated rings. The zero-order valence-electron chi connectivity index (χ0n) is 18.4. The highest BCUT2D eigenvalue weighted by molar-refractivity contribution is 14.0. The van der Waals surface area contributed by atoms with Crippen LogP contribution in [0.3, 0.4) is 0 Å². The summed E-state index contributed by atoms with van der Waals surface area (Å²) in [7, 11) is 1.82. The molecule has 1 aromatic rings. The molecule has 1 aliphatic heterocycles. The number of hydrogen-bond donors (Lipinski definition) is 2.